The average molecular weight is 407 g/mol. The molecule has 1 aliphatic heterocycles. The van der Waals surface area contributed by atoms with E-state index in [1.54, 1.807) is 17.5 Å². The third-order valence-electron chi connectivity index (χ3n) is 4.18. The van der Waals surface area contributed by atoms with Crippen LogP contribution < -0.4 is 16.4 Å². The number of thiophene rings is 1. The van der Waals surface area contributed by atoms with Gasteiger partial charge in [0.25, 0.3) is 5.91 Å². The van der Waals surface area contributed by atoms with Crippen molar-refractivity contribution in [3.05, 3.63) is 45.9 Å². The summed E-state index contributed by atoms with van der Waals surface area (Å²) in [6.45, 7) is 3.21. The molecule has 1 aliphatic rings. The normalized spacial score (nSPS) is 19.3. The molecule has 0 saturated carbocycles. The lowest BCUT2D eigenvalue weighted by Gasteiger charge is -2.30. The van der Waals surface area contributed by atoms with E-state index in [2.05, 4.69) is 15.6 Å². The number of anilines is 2. The van der Waals surface area contributed by atoms with E-state index in [1.807, 2.05) is 6.92 Å². The molecule has 1 aromatic heterocycles. The summed E-state index contributed by atoms with van der Waals surface area (Å²) in [7, 11) is 0. The number of hydrogen-bond acceptors (Lipinski definition) is 6. The number of hydrogen-bond donors (Lipinski definition) is 3. The first-order valence-electron chi connectivity index (χ1n) is 8.23. The lowest BCUT2D eigenvalue weighted by atomic mass is 9.89. The molecule has 0 aliphatic carbocycles. The molecule has 0 spiro atoms. The SMILES string of the molecule is CC(=O)Nc1ccsc1C(=O)Nc1ccc(F)c(C2(C)CCSC(N)=N2)c1. The van der Waals surface area contributed by atoms with E-state index in [1.165, 1.54) is 42.2 Å². The van der Waals surface area contributed by atoms with Crippen molar-refractivity contribution in [2.45, 2.75) is 25.8 Å². The second kappa shape index (κ2) is 7.69. The number of carbonyl (C=O) groups excluding carboxylic acids is 2. The Morgan fingerprint density at radius 1 is 1.30 bits per heavy atom. The molecule has 2 aromatic rings. The summed E-state index contributed by atoms with van der Waals surface area (Å²) in [5, 5.41) is 7.53. The van der Waals surface area contributed by atoms with Crippen molar-refractivity contribution in [1.29, 1.82) is 0 Å². The smallest absolute Gasteiger partial charge is 0.267 e. The Morgan fingerprint density at radius 2 is 2.07 bits per heavy atom. The highest BCUT2D eigenvalue weighted by Crippen LogP contribution is 2.37. The molecule has 6 nitrogen and oxygen atoms in total. The van der Waals surface area contributed by atoms with E-state index in [0.717, 1.165) is 5.75 Å². The van der Waals surface area contributed by atoms with Crippen molar-refractivity contribution in [2.24, 2.45) is 10.7 Å². The Morgan fingerprint density at radius 3 is 2.78 bits per heavy atom. The fourth-order valence-corrected chi connectivity index (χ4v) is 4.58. The summed E-state index contributed by atoms with van der Waals surface area (Å²) >= 11 is 2.65. The van der Waals surface area contributed by atoms with E-state index in [4.69, 9.17) is 5.73 Å². The Labute approximate surface area is 164 Å². The second-order valence-electron chi connectivity index (χ2n) is 6.32. The number of halogens is 1. The van der Waals surface area contributed by atoms with Crippen LogP contribution in [0.4, 0.5) is 15.8 Å². The van der Waals surface area contributed by atoms with Crippen molar-refractivity contribution in [3.8, 4) is 0 Å². The van der Waals surface area contributed by atoms with Gasteiger partial charge in [0.05, 0.1) is 11.2 Å². The molecule has 0 fully saturated rings. The first kappa shape index (κ1) is 19.4. The van der Waals surface area contributed by atoms with Gasteiger partial charge in [-0.2, -0.15) is 0 Å². The Bertz CT molecular complexity index is 928. The van der Waals surface area contributed by atoms with Gasteiger partial charge in [-0.1, -0.05) is 11.8 Å². The molecule has 0 bridgehead atoms. The maximum atomic E-state index is 14.5. The minimum atomic E-state index is -0.773. The van der Waals surface area contributed by atoms with Crippen LogP contribution in [-0.4, -0.2) is 22.7 Å². The van der Waals surface area contributed by atoms with Crippen LogP contribution in [0.15, 0.2) is 34.6 Å². The molecule has 3 rings (SSSR count). The third-order valence-corrected chi connectivity index (χ3v) is 5.89. The number of rotatable bonds is 4. The summed E-state index contributed by atoms with van der Waals surface area (Å²) < 4.78 is 14.5. The van der Waals surface area contributed by atoms with Crippen LogP contribution in [0.25, 0.3) is 0 Å². The molecule has 9 heteroatoms. The van der Waals surface area contributed by atoms with E-state index >= 15 is 0 Å². The van der Waals surface area contributed by atoms with Crippen LogP contribution in [-0.2, 0) is 10.3 Å². The van der Waals surface area contributed by atoms with E-state index in [-0.39, 0.29) is 11.8 Å². The highest BCUT2D eigenvalue weighted by Gasteiger charge is 2.32. The van der Waals surface area contributed by atoms with Crippen molar-refractivity contribution in [1.82, 2.24) is 0 Å². The van der Waals surface area contributed by atoms with E-state index in [9.17, 15) is 14.0 Å². The topological polar surface area (TPSA) is 96.6 Å². The molecule has 1 atom stereocenters. The van der Waals surface area contributed by atoms with Gasteiger partial charge in [-0.3, -0.25) is 14.6 Å². The molecule has 142 valence electrons. The fraction of sp³-hybridized carbons (Fsp3) is 0.278. The van der Waals surface area contributed by atoms with Crippen LogP contribution in [0.3, 0.4) is 0 Å². The number of benzene rings is 1. The predicted octanol–water partition coefficient (Wildman–Crippen LogP) is 3.76. The number of carbonyl (C=O) groups is 2. The van der Waals surface area contributed by atoms with Crippen molar-refractivity contribution >= 4 is 51.5 Å². The van der Waals surface area contributed by atoms with Crippen LogP contribution in [0, 0.1) is 5.82 Å². The number of aliphatic imine (C=N–C) groups is 1. The van der Waals surface area contributed by atoms with Gasteiger partial charge >= 0.3 is 0 Å². The molecule has 1 unspecified atom stereocenters. The van der Waals surface area contributed by atoms with E-state index < -0.39 is 11.4 Å². The molecule has 4 N–H and O–H groups in total. The maximum absolute atomic E-state index is 14.5. The standard InChI is InChI=1S/C18H19FN4O2S2/c1-10(24)21-14-5-7-26-15(14)16(25)22-11-3-4-13(19)12(9-11)18(2)6-8-27-17(20)23-18/h3-5,7,9H,6,8H2,1-2H3,(H2,20,23)(H,21,24)(H,22,25). The Kier molecular flexibility index (Phi) is 5.52. The number of amidine groups is 1. The summed E-state index contributed by atoms with van der Waals surface area (Å²) in [6.07, 6.45) is 0.643. The number of nitrogens with two attached hydrogens (primary N) is 1. The Hall–Kier alpha value is -2.39. The molecule has 27 heavy (non-hydrogen) atoms. The summed E-state index contributed by atoms with van der Waals surface area (Å²) in [5.41, 5.74) is 6.33. The van der Waals surface area contributed by atoms with Gasteiger partial charge in [-0.15, -0.1) is 11.3 Å². The van der Waals surface area contributed by atoms with Gasteiger partial charge in [0.1, 0.15) is 10.7 Å². The van der Waals surface area contributed by atoms with Gasteiger partial charge in [-0.05, 0) is 43.0 Å². The highest BCUT2D eigenvalue weighted by molar-refractivity contribution is 8.13. The van der Waals surface area contributed by atoms with Crippen LogP contribution in [0.2, 0.25) is 0 Å². The van der Waals surface area contributed by atoms with E-state index in [0.29, 0.717) is 33.4 Å². The van der Waals surface area contributed by atoms with Gasteiger partial charge in [0, 0.05) is 23.9 Å². The van der Waals surface area contributed by atoms with Gasteiger partial charge in [-0.25, -0.2) is 4.39 Å². The zero-order valence-corrected chi connectivity index (χ0v) is 16.5. The van der Waals surface area contributed by atoms with Gasteiger partial charge in [0.2, 0.25) is 5.91 Å². The largest absolute Gasteiger partial charge is 0.379 e. The minimum absolute atomic E-state index is 0.259. The van der Waals surface area contributed by atoms with Crippen molar-refractivity contribution in [3.63, 3.8) is 0 Å². The summed E-state index contributed by atoms with van der Waals surface area (Å²) in [5.74, 6) is -0.283. The molecular formula is C18H19FN4O2S2. The first-order valence-corrected chi connectivity index (χ1v) is 10.1. The monoisotopic (exact) mass is 406 g/mol. The lowest BCUT2D eigenvalue weighted by molar-refractivity contribution is -0.114. The third kappa shape index (κ3) is 4.30. The highest BCUT2D eigenvalue weighted by atomic mass is 32.2. The number of nitrogens with zero attached hydrogens (tertiary/aromatic N) is 1. The molecule has 0 radical (unpaired) electrons. The predicted molar refractivity (Wildman–Crippen MR) is 109 cm³/mol. The quantitative estimate of drug-likeness (QED) is 0.720. The first-order chi connectivity index (χ1) is 12.8. The average Bonchev–Trinajstić information content (AvgIpc) is 3.03. The van der Waals surface area contributed by atoms with Crippen molar-refractivity contribution < 1.29 is 14.0 Å². The van der Waals surface area contributed by atoms with Gasteiger partial charge in [0.15, 0.2) is 5.17 Å². The van der Waals surface area contributed by atoms with Crippen LogP contribution in [0.1, 0.15) is 35.5 Å². The molecular weight excluding hydrogens is 387 g/mol. The van der Waals surface area contributed by atoms with Gasteiger partial charge < -0.3 is 16.4 Å². The maximum Gasteiger partial charge on any atom is 0.267 e. The summed E-state index contributed by atoms with van der Waals surface area (Å²) in [4.78, 5) is 28.6. The Balaban J connectivity index is 1.87. The molecule has 0 saturated heterocycles. The zero-order chi connectivity index (χ0) is 19.6. The molecule has 1 aromatic carbocycles. The molecule has 2 amide bonds. The summed E-state index contributed by atoms with van der Waals surface area (Å²) in [6, 6.07) is 6.06. The number of nitrogens with one attached hydrogen (secondary N) is 2. The van der Waals surface area contributed by atoms with Crippen molar-refractivity contribution in [2.75, 3.05) is 16.4 Å². The fourth-order valence-electron chi connectivity index (χ4n) is 2.86. The second-order valence-corrected chi connectivity index (χ2v) is 8.35. The van der Waals surface area contributed by atoms with Crippen LogP contribution in [0.5, 0.6) is 0 Å². The number of amides is 2. The van der Waals surface area contributed by atoms with Crippen LogP contribution >= 0.6 is 23.1 Å². The zero-order valence-electron chi connectivity index (χ0n) is 14.8. The minimum Gasteiger partial charge on any atom is -0.379 e. The molecule has 2 heterocycles. The lowest BCUT2D eigenvalue weighted by Crippen LogP contribution is -2.29. The number of thioether (sulfide) groups is 1.